The maximum atomic E-state index is 12.4. The van der Waals surface area contributed by atoms with Gasteiger partial charge in [-0.25, -0.2) is 0 Å². The van der Waals surface area contributed by atoms with Crippen molar-refractivity contribution < 1.29 is 17.4 Å². The van der Waals surface area contributed by atoms with Gasteiger partial charge in [-0.1, -0.05) is 32.0 Å². The summed E-state index contributed by atoms with van der Waals surface area (Å²) in [7, 11) is -3.96. The number of hydrogen-bond donors (Lipinski definition) is 1. The molecule has 0 unspecified atom stereocenters. The second-order valence-corrected chi connectivity index (χ2v) is 7.25. The molecule has 0 heterocycles. The van der Waals surface area contributed by atoms with Crippen LogP contribution in [0.1, 0.15) is 25.3 Å². The third-order valence-electron chi connectivity index (χ3n) is 3.29. The number of halogens is 1. The van der Waals surface area contributed by atoms with Crippen molar-refractivity contribution in [2.45, 2.75) is 24.7 Å². The molecule has 0 aliphatic rings. The van der Waals surface area contributed by atoms with Gasteiger partial charge in [0.1, 0.15) is 16.5 Å². The lowest BCUT2D eigenvalue weighted by Crippen LogP contribution is -2.13. The van der Waals surface area contributed by atoms with Crippen molar-refractivity contribution in [3.8, 4) is 5.75 Å². The summed E-state index contributed by atoms with van der Waals surface area (Å²) in [6.07, 6.45) is 0. The van der Waals surface area contributed by atoms with Crippen LogP contribution in [0.15, 0.2) is 53.4 Å². The van der Waals surface area contributed by atoms with Crippen LogP contribution in [0.2, 0.25) is 0 Å². The van der Waals surface area contributed by atoms with E-state index in [1.165, 1.54) is 24.3 Å². The highest BCUT2D eigenvalue weighted by Gasteiger charge is 2.19. The van der Waals surface area contributed by atoms with Gasteiger partial charge >= 0.3 is 10.1 Å². The molecule has 128 valence electrons. The summed E-state index contributed by atoms with van der Waals surface area (Å²) in [5.41, 5.74) is 1.27. The molecular weight excluding hydrogens is 350 g/mol. The molecule has 1 amide bonds. The first kappa shape index (κ1) is 18.3. The van der Waals surface area contributed by atoms with Crippen LogP contribution >= 0.6 is 11.6 Å². The van der Waals surface area contributed by atoms with Crippen LogP contribution in [0.3, 0.4) is 0 Å². The maximum absolute atomic E-state index is 12.4. The lowest BCUT2D eigenvalue weighted by atomic mass is 10.0. The molecular formula is C17H18ClNO4S. The third kappa shape index (κ3) is 4.49. The van der Waals surface area contributed by atoms with E-state index in [2.05, 4.69) is 5.32 Å². The number of amides is 1. The molecule has 0 bridgehead atoms. The Balaban J connectivity index is 2.23. The summed E-state index contributed by atoms with van der Waals surface area (Å²) >= 11 is 5.41. The van der Waals surface area contributed by atoms with Gasteiger partial charge in [0.05, 0.1) is 0 Å². The fourth-order valence-electron chi connectivity index (χ4n) is 2.10. The van der Waals surface area contributed by atoms with Gasteiger partial charge in [0, 0.05) is 5.69 Å². The minimum atomic E-state index is -3.96. The minimum Gasteiger partial charge on any atom is -0.379 e. The zero-order chi connectivity index (χ0) is 17.7. The van der Waals surface area contributed by atoms with E-state index in [0.29, 0.717) is 11.4 Å². The summed E-state index contributed by atoms with van der Waals surface area (Å²) in [4.78, 5) is 11.2. The number of alkyl halides is 1. The van der Waals surface area contributed by atoms with Crippen LogP contribution in [-0.4, -0.2) is 20.2 Å². The quantitative estimate of drug-likeness (QED) is 0.623. The van der Waals surface area contributed by atoms with Crippen molar-refractivity contribution in [2.24, 2.45) is 0 Å². The molecule has 24 heavy (non-hydrogen) atoms. The molecule has 2 aromatic rings. The van der Waals surface area contributed by atoms with E-state index in [4.69, 9.17) is 15.8 Å². The van der Waals surface area contributed by atoms with E-state index in [9.17, 15) is 13.2 Å². The summed E-state index contributed by atoms with van der Waals surface area (Å²) < 4.78 is 30.2. The number of para-hydroxylation sites is 1. The number of hydrogen-bond acceptors (Lipinski definition) is 4. The van der Waals surface area contributed by atoms with Crippen molar-refractivity contribution in [2.75, 3.05) is 11.2 Å². The molecule has 0 saturated heterocycles. The smallest absolute Gasteiger partial charge is 0.339 e. The number of rotatable bonds is 6. The molecule has 1 N–H and O–H groups in total. The molecule has 7 heteroatoms. The van der Waals surface area contributed by atoms with Crippen molar-refractivity contribution >= 4 is 33.3 Å². The van der Waals surface area contributed by atoms with E-state index in [1.807, 2.05) is 26.0 Å². The zero-order valence-electron chi connectivity index (χ0n) is 13.3. The Bertz CT molecular complexity index is 817. The lowest BCUT2D eigenvalue weighted by molar-refractivity contribution is -0.113. The van der Waals surface area contributed by atoms with Gasteiger partial charge < -0.3 is 9.50 Å². The predicted molar refractivity (Wildman–Crippen MR) is 94.1 cm³/mol. The second kappa shape index (κ2) is 7.68. The van der Waals surface area contributed by atoms with Crippen molar-refractivity contribution in [1.82, 2.24) is 0 Å². The molecule has 0 saturated carbocycles. The molecule has 0 aliphatic heterocycles. The molecule has 5 nitrogen and oxygen atoms in total. The Morgan fingerprint density at radius 3 is 2.33 bits per heavy atom. The largest absolute Gasteiger partial charge is 0.379 e. The van der Waals surface area contributed by atoms with E-state index in [1.54, 1.807) is 12.1 Å². The standard InChI is InChI=1S/C17H18ClNO4S/c1-12(2)15-5-3-4-6-16(15)23-24(21,22)14-9-7-13(8-10-14)19-17(20)11-18/h3-10,12H,11H2,1-2H3,(H,19,20). The summed E-state index contributed by atoms with van der Waals surface area (Å²) in [5.74, 6) is -0.0965. The molecule has 0 fully saturated rings. The van der Waals surface area contributed by atoms with Crippen LogP contribution in [0, 0.1) is 0 Å². The predicted octanol–water partition coefficient (Wildman–Crippen LogP) is 3.76. The minimum absolute atomic E-state index is 0.00457. The monoisotopic (exact) mass is 367 g/mol. The first-order valence-electron chi connectivity index (χ1n) is 7.33. The van der Waals surface area contributed by atoms with E-state index in [0.717, 1.165) is 5.56 Å². The highest BCUT2D eigenvalue weighted by atomic mass is 35.5. The Hall–Kier alpha value is -2.05. The average molecular weight is 368 g/mol. The molecule has 2 aromatic carbocycles. The number of anilines is 1. The van der Waals surface area contributed by atoms with Gasteiger partial charge in [0.25, 0.3) is 0 Å². The number of carbonyl (C=O) groups excluding carboxylic acids is 1. The van der Waals surface area contributed by atoms with Crippen molar-refractivity contribution in [1.29, 1.82) is 0 Å². The van der Waals surface area contributed by atoms with E-state index >= 15 is 0 Å². The van der Waals surface area contributed by atoms with Gasteiger partial charge in [-0.15, -0.1) is 11.6 Å². The van der Waals surface area contributed by atoms with E-state index < -0.39 is 10.1 Å². The first-order valence-corrected chi connectivity index (χ1v) is 9.27. The number of carbonyl (C=O) groups is 1. The molecule has 2 rings (SSSR count). The summed E-state index contributed by atoms with van der Waals surface area (Å²) in [5, 5.41) is 2.54. The highest BCUT2D eigenvalue weighted by Crippen LogP contribution is 2.28. The average Bonchev–Trinajstić information content (AvgIpc) is 2.55. The van der Waals surface area contributed by atoms with Crippen LogP contribution in [0.25, 0.3) is 0 Å². The third-order valence-corrected chi connectivity index (χ3v) is 4.78. The topological polar surface area (TPSA) is 72.5 Å². The van der Waals surface area contributed by atoms with Gasteiger partial charge in [-0.2, -0.15) is 8.42 Å². The number of benzene rings is 2. The van der Waals surface area contributed by atoms with Crippen LogP contribution < -0.4 is 9.50 Å². The molecule has 0 aliphatic carbocycles. The Morgan fingerprint density at radius 1 is 1.12 bits per heavy atom. The van der Waals surface area contributed by atoms with Gasteiger partial charge in [0.15, 0.2) is 0 Å². The highest BCUT2D eigenvalue weighted by molar-refractivity contribution is 7.87. The maximum Gasteiger partial charge on any atom is 0.339 e. The first-order chi connectivity index (χ1) is 11.3. The Kier molecular flexibility index (Phi) is 5.85. The van der Waals surface area contributed by atoms with Gasteiger partial charge in [0.2, 0.25) is 5.91 Å². The van der Waals surface area contributed by atoms with E-state index in [-0.39, 0.29) is 22.6 Å². The van der Waals surface area contributed by atoms with Gasteiger partial charge in [-0.05, 0) is 41.8 Å². The zero-order valence-corrected chi connectivity index (χ0v) is 14.9. The van der Waals surface area contributed by atoms with Crippen molar-refractivity contribution in [3.05, 3.63) is 54.1 Å². The van der Waals surface area contributed by atoms with Crippen LogP contribution in [0.4, 0.5) is 5.69 Å². The normalized spacial score (nSPS) is 11.3. The fraction of sp³-hybridized carbons (Fsp3) is 0.235. The Morgan fingerprint density at radius 2 is 1.75 bits per heavy atom. The van der Waals surface area contributed by atoms with Crippen LogP contribution in [0.5, 0.6) is 5.75 Å². The molecule has 0 atom stereocenters. The summed E-state index contributed by atoms with van der Waals surface area (Å²) in [6, 6.07) is 12.7. The second-order valence-electron chi connectivity index (χ2n) is 5.44. The Labute approximate surface area is 146 Å². The molecule has 0 aromatic heterocycles. The fourth-order valence-corrected chi connectivity index (χ4v) is 3.12. The molecule has 0 spiro atoms. The van der Waals surface area contributed by atoms with Crippen molar-refractivity contribution in [3.63, 3.8) is 0 Å². The molecule has 0 radical (unpaired) electrons. The van der Waals surface area contributed by atoms with Crippen LogP contribution in [-0.2, 0) is 14.9 Å². The summed E-state index contributed by atoms with van der Waals surface area (Å²) in [6.45, 7) is 3.92. The van der Waals surface area contributed by atoms with Gasteiger partial charge in [-0.3, -0.25) is 4.79 Å². The SMILES string of the molecule is CC(C)c1ccccc1OS(=O)(=O)c1ccc(NC(=O)CCl)cc1. The lowest BCUT2D eigenvalue weighted by Gasteiger charge is -2.13. The number of nitrogens with one attached hydrogen (secondary N) is 1.